The number of hydrogen-bond acceptors (Lipinski definition) is 5. The van der Waals surface area contributed by atoms with Crippen LogP contribution in [0.25, 0.3) is 0 Å². The van der Waals surface area contributed by atoms with Crippen LogP contribution in [0.4, 0.5) is 0 Å². The molecular weight excluding hydrogens is 308 g/mol. The van der Waals surface area contributed by atoms with E-state index in [1.54, 1.807) is 0 Å². The van der Waals surface area contributed by atoms with E-state index in [1.165, 1.54) is 5.57 Å². The van der Waals surface area contributed by atoms with Gasteiger partial charge in [-0.1, -0.05) is 18.6 Å². The van der Waals surface area contributed by atoms with Gasteiger partial charge in [0.1, 0.15) is 6.26 Å². The first kappa shape index (κ1) is 18.3. The van der Waals surface area contributed by atoms with Gasteiger partial charge in [0.25, 0.3) is 5.91 Å². The standard InChI is InChI=1S/C18H26N2O4/c1-3-5-13(2)10-20-7-4-6-14(11-20)9-19-18(23)17-8-15(21)16(22)12-24-17/h5,8,12,14,22H,3-4,6-7,9-11H2,1-2H3,(H,19,23)/b13-5+/t14-/m1/s1. The minimum atomic E-state index is -0.617. The monoisotopic (exact) mass is 334 g/mol. The molecule has 1 amide bonds. The molecule has 0 aromatic carbocycles. The maximum atomic E-state index is 12.0. The van der Waals surface area contributed by atoms with Gasteiger partial charge in [0.05, 0.1) is 0 Å². The molecule has 24 heavy (non-hydrogen) atoms. The Balaban J connectivity index is 1.84. The van der Waals surface area contributed by atoms with Crippen LogP contribution in [0.5, 0.6) is 5.75 Å². The summed E-state index contributed by atoms with van der Waals surface area (Å²) < 4.78 is 4.96. The summed E-state index contributed by atoms with van der Waals surface area (Å²) in [5.41, 5.74) is 0.765. The number of carbonyl (C=O) groups is 1. The SMILES string of the molecule is CC/C=C(\C)CN1CCC[C@H](CNC(=O)c2cc(=O)c(O)co2)C1. The van der Waals surface area contributed by atoms with Crippen LogP contribution in [0.3, 0.4) is 0 Å². The highest BCUT2D eigenvalue weighted by molar-refractivity contribution is 5.91. The lowest BCUT2D eigenvalue weighted by Crippen LogP contribution is -2.41. The molecule has 2 N–H and O–H groups in total. The molecule has 1 aliphatic rings. The van der Waals surface area contributed by atoms with Gasteiger partial charge in [0, 0.05) is 25.7 Å². The maximum Gasteiger partial charge on any atom is 0.287 e. The average Bonchev–Trinajstić information content (AvgIpc) is 2.55. The Hall–Kier alpha value is -2.08. The van der Waals surface area contributed by atoms with Crippen molar-refractivity contribution in [1.29, 1.82) is 0 Å². The number of amides is 1. The van der Waals surface area contributed by atoms with Gasteiger partial charge in [0.2, 0.25) is 5.43 Å². The van der Waals surface area contributed by atoms with Gasteiger partial charge >= 0.3 is 0 Å². The number of nitrogens with one attached hydrogen (secondary N) is 1. The molecule has 6 nitrogen and oxygen atoms in total. The molecule has 1 atom stereocenters. The van der Waals surface area contributed by atoms with Gasteiger partial charge in [0.15, 0.2) is 11.5 Å². The van der Waals surface area contributed by atoms with Crippen molar-refractivity contribution in [2.75, 3.05) is 26.2 Å². The lowest BCUT2D eigenvalue weighted by atomic mass is 9.97. The summed E-state index contributed by atoms with van der Waals surface area (Å²) in [5, 5.41) is 12.0. The first-order valence-electron chi connectivity index (χ1n) is 8.47. The Kier molecular flexibility index (Phi) is 6.61. The predicted molar refractivity (Wildman–Crippen MR) is 92.2 cm³/mol. The third-order valence-electron chi connectivity index (χ3n) is 4.22. The third-order valence-corrected chi connectivity index (χ3v) is 4.22. The maximum absolute atomic E-state index is 12.0. The molecule has 132 valence electrons. The van der Waals surface area contributed by atoms with Crippen LogP contribution in [0.15, 0.2) is 33.2 Å². The average molecular weight is 334 g/mol. The number of nitrogens with zero attached hydrogens (tertiary/aromatic N) is 1. The molecule has 0 saturated carbocycles. The Labute approximate surface area is 142 Å². The van der Waals surface area contributed by atoms with E-state index in [9.17, 15) is 9.59 Å². The zero-order chi connectivity index (χ0) is 17.5. The molecule has 1 aromatic heterocycles. The highest BCUT2D eigenvalue weighted by atomic mass is 16.4. The molecule has 0 aliphatic carbocycles. The summed E-state index contributed by atoms with van der Waals surface area (Å²) in [6.07, 6.45) is 6.39. The van der Waals surface area contributed by atoms with Crippen LogP contribution in [-0.2, 0) is 0 Å². The van der Waals surface area contributed by atoms with Crippen LogP contribution in [0, 0.1) is 5.92 Å². The molecule has 1 saturated heterocycles. The zero-order valence-electron chi connectivity index (χ0n) is 14.4. The Morgan fingerprint density at radius 1 is 1.54 bits per heavy atom. The van der Waals surface area contributed by atoms with Crippen LogP contribution < -0.4 is 10.7 Å². The number of hydrogen-bond donors (Lipinski definition) is 2. The minimum Gasteiger partial charge on any atom is -0.502 e. The molecule has 6 heteroatoms. The normalized spacial score (nSPS) is 19.2. The summed E-state index contributed by atoms with van der Waals surface area (Å²) in [6, 6.07) is 1.01. The fourth-order valence-electron chi connectivity index (χ4n) is 3.07. The molecule has 2 heterocycles. The minimum absolute atomic E-state index is 0.0767. The summed E-state index contributed by atoms with van der Waals surface area (Å²) in [5.74, 6) is -0.607. The summed E-state index contributed by atoms with van der Waals surface area (Å²) in [4.78, 5) is 25.8. The van der Waals surface area contributed by atoms with E-state index in [-0.39, 0.29) is 5.76 Å². The first-order chi connectivity index (χ1) is 11.5. The van der Waals surface area contributed by atoms with Gasteiger partial charge < -0.3 is 14.8 Å². The van der Waals surface area contributed by atoms with Crippen LogP contribution >= 0.6 is 0 Å². The van der Waals surface area contributed by atoms with Crippen molar-refractivity contribution >= 4 is 5.91 Å². The predicted octanol–water partition coefficient (Wildman–Crippen LogP) is 2.14. The van der Waals surface area contributed by atoms with E-state index in [0.29, 0.717) is 12.5 Å². The van der Waals surface area contributed by atoms with E-state index in [0.717, 1.165) is 51.2 Å². The van der Waals surface area contributed by atoms with Crippen LogP contribution in [0.1, 0.15) is 43.7 Å². The summed E-state index contributed by atoms with van der Waals surface area (Å²) in [6.45, 7) is 7.86. The summed E-state index contributed by atoms with van der Waals surface area (Å²) >= 11 is 0. The van der Waals surface area contributed by atoms with Crippen molar-refractivity contribution in [3.05, 3.63) is 40.0 Å². The topological polar surface area (TPSA) is 82.8 Å². The van der Waals surface area contributed by atoms with E-state index >= 15 is 0 Å². The van der Waals surface area contributed by atoms with E-state index < -0.39 is 17.1 Å². The van der Waals surface area contributed by atoms with Gasteiger partial charge in [-0.15, -0.1) is 0 Å². The lowest BCUT2D eigenvalue weighted by Gasteiger charge is -2.33. The Morgan fingerprint density at radius 3 is 3.04 bits per heavy atom. The number of likely N-dealkylation sites (tertiary alicyclic amines) is 1. The smallest absolute Gasteiger partial charge is 0.287 e. The van der Waals surface area contributed by atoms with E-state index in [2.05, 4.69) is 30.1 Å². The lowest BCUT2D eigenvalue weighted by molar-refractivity contribution is 0.0903. The number of aromatic hydroxyl groups is 1. The number of piperidine rings is 1. The molecule has 1 aromatic rings. The number of allylic oxidation sites excluding steroid dienone is 1. The van der Waals surface area contributed by atoms with Crippen molar-refractivity contribution < 1.29 is 14.3 Å². The fourth-order valence-corrected chi connectivity index (χ4v) is 3.07. The van der Waals surface area contributed by atoms with E-state index in [4.69, 9.17) is 9.52 Å². The van der Waals surface area contributed by atoms with Crippen molar-refractivity contribution in [3.63, 3.8) is 0 Å². The zero-order valence-corrected chi connectivity index (χ0v) is 14.4. The Bertz CT molecular complexity index is 651. The first-order valence-corrected chi connectivity index (χ1v) is 8.47. The molecule has 2 rings (SSSR count). The second-order valence-electron chi connectivity index (χ2n) is 6.41. The molecule has 0 bridgehead atoms. The molecular formula is C18H26N2O4. The van der Waals surface area contributed by atoms with Crippen molar-refractivity contribution in [1.82, 2.24) is 10.2 Å². The molecule has 1 fully saturated rings. The van der Waals surface area contributed by atoms with Crippen molar-refractivity contribution in [2.45, 2.75) is 33.1 Å². The quantitative estimate of drug-likeness (QED) is 0.779. The summed E-state index contributed by atoms with van der Waals surface area (Å²) in [7, 11) is 0. The molecule has 0 radical (unpaired) electrons. The van der Waals surface area contributed by atoms with Crippen molar-refractivity contribution in [2.24, 2.45) is 5.92 Å². The van der Waals surface area contributed by atoms with Gasteiger partial charge in [-0.05, 0) is 38.6 Å². The third kappa shape index (κ3) is 5.23. The van der Waals surface area contributed by atoms with Crippen LogP contribution in [0.2, 0.25) is 0 Å². The van der Waals surface area contributed by atoms with Gasteiger partial charge in [-0.3, -0.25) is 14.5 Å². The molecule has 1 aliphatic heterocycles. The van der Waals surface area contributed by atoms with Crippen LogP contribution in [-0.4, -0.2) is 42.1 Å². The fraction of sp³-hybridized carbons (Fsp3) is 0.556. The van der Waals surface area contributed by atoms with Gasteiger partial charge in [-0.25, -0.2) is 0 Å². The van der Waals surface area contributed by atoms with Gasteiger partial charge in [-0.2, -0.15) is 0 Å². The molecule has 0 unspecified atom stereocenters. The number of rotatable bonds is 6. The highest BCUT2D eigenvalue weighted by Gasteiger charge is 2.21. The second-order valence-corrected chi connectivity index (χ2v) is 6.41. The second kappa shape index (κ2) is 8.68. The highest BCUT2D eigenvalue weighted by Crippen LogP contribution is 2.17. The Morgan fingerprint density at radius 2 is 2.33 bits per heavy atom. The molecule has 0 spiro atoms. The van der Waals surface area contributed by atoms with Crippen molar-refractivity contribution in [3.8, 4) is 5.75 Å². The van der Waals surface area contributed by atoms with E-state index in [1.807, 2.05) is 0 Å². The largest absolute Gasteiger partial charge is 0.502 e. The number of carbonyl (C=O) groups excluding carboxylic acids is 1.